The van der Waals surface area contributed by atoms with Gasteiger partial charge in [0.1, 0.15) is 18.5 Å². The summed E-state index contributed by atoms with van der Waals surface area (Å²) in [6.45, 7) is 4.20. The van der Waals surface area contributed by atoms with Crippen LogP contribution < -0.4 is 10.1 Å². The first-order valence-corrected chi connectivity index (χ1v) is 14.1. The van der Waals surface area contributed by atoms with Crippen molar-refractivity contribution >= 4 is 5.91 Å². The Hall–Kier alpha value is -2.44. The van der Waals surface area contributed by atoms with Gasteiger partial charge >= 0.3 is 0 Å². The number of amides is 1. The Labute approximate surface area is 221 Å². The zero-order chi connectivity index (χ0) is 25.7. The second-order valence-corrected chi connectivity index (χ2v) is 10.7. The van der Waals surface area contributed by atoms with E-state index in [2.05, 4.69) is 34.5 Å². The molecule has 2 aromatic carbocycles. The van der Waals surface area contributed by atoms with E-state index in [4.69, 9.17) is 9.47 Å². The van der Waals surface area contributed by atoms with E-state index >= 15 is 0 Å². The highest BCUT2D eigenvalue weighted by Gasteiger charge is 2.25. The van der Waals surface area contributed by atoms with Gasteiger partial charge in [-0.3, -0.25) is 9.69 Å². The number of halogens is 1. The predicted octanol–water partition coefficient (Wildman–Crippen LogP) is 5.71. The Bertz CT molecular complexity index is 935. The first kappa shape index (κ1) is 27.6. The molecule has 2 aromatic rings. The van der Waals surface area contributed by atoms with Gasteiger partial charge < -0.3 is 14.8 Å². The van der Waals surface area contributed by atoms with E-state index in [9.17, 15) is 9.18 Å². The lowest BCUT2D eigenvalue weighted by atomic mass is 9.93. The number of ether oxygens (including phenoxy) is 2. The normalized spacial score (nSPS) is 19.5. The Morgan fingerprint density at radius 1 is 1.03 bits per heavy atom. The van der Waals surface area contributed by atoms with Gasteiger partial charge in [0.05, 0.1) is 0 Å². The highest BCUT2D eigenvalue weighted by molar-refractivity contribution is 5.76. The van der Waals surface area contributed by atoms with E-state index in [1.54, 1.807) is 0 Å². The monoisotopic (exact) mass is 510 g/mol. The largest absolute Gasteiger partial charge is 0.489 e. The standard InChI is InChI=1S/C31H43FN2O3/c32-28-14-17-34(22-28)23-29(33-31(35)13-6-2-3-8-25-15-18-36-19-16-25)20-27-11-7-12-30(21-27)37-24-26-9-4-1-5-10-26/h1,4-5,7,9-12,21,25,28-29H,2-3,6,8,13-20,22-24H2,(H,33,35)/t28-,29+/m1/s1. The average molecular weight is 511 g/mol. The molecule has 2 atom stereocenters. The van der Waals surface area contributed by atoms with E-state index < -0.39 is 6.17 Å². The molecule has 5 nitrogen and oxygen atoms in total. The molecule has 6 heteroatoms. The molecule has 0 spiro atoms. The topological polar surface area (TPSA) is 50.8 Å². The maximum atomic E-state index is 13.8. The maximum Gasteiger partial charge on any atom is 0.220 e. The SMILES string of the molecule is O=C(CCCCCC1CCOCC1)N[C@@H](Cc1cccc(OCc2ccccc2)c1)CN1CC[C@@H](F)C1. The van der Waals surface area contributed by atoms with Crippen LogP contribution >= 0.6 is 0 Å². The molecule has 2 saturated heterocycles. The van der Waals surface area contributed by atoms with Crippen molar-refractivity contribution in [2.24, 2.45) is 5.92 Å². The summed E-state index contributed by atoms with van der Waals surface area (Å²) in [5.74, 6) is 1.71. The van der Waals surface area contributed by atoms with Crippen molar-refractivity contribution in [1.29, 1.82) is 0 Å². The van der Waals surface area contributed by atoms with E-state index in [0.29, 0.717) is 39.0 Å². The van der Waals surface area contributed by atoms with Gasteiger partial charge in [-0.05, 0) is 61.3 Å². The van der Waals surface area contributed by atoms with Crippen LogP contribution in [0.1, 0.15) is 62.5 Å². The molecule has 202 valence electrons. The molecular formula is C31H43FN2O3. The summed E-state index contributed by atoms with van der Waals surface area (Å²) in [4.78, 5) is 15.0. The molecule has 2 aliphatic rings. The maximum absolute atomic E-state index is 13.8. The summed E-state index contributed by atoms with van der Waals surface area (Å²) < 4.78 is 25.3. The molecule has 0 bridgehead atoms. The minimum Gasteiger partial charge on any atom is -0.489 e. The molecule has 0 aliphatic carbocycles. The summed E-state index contributed by atoms with van der Waals surface area (Å²) >= 11 is 0. The molecule has 4 rings (SSSR count). The van der Waals surface area contributed by atoms with Crippen LogP contribution in [0, 0.1) is 5.92 Å². The second kappa shape index (κ2) is 15.1. The molecule has 0 aromatic heterocycles. The number of hydrogen-bond donors (Lipinski definition) is 1. The number of carbonyl (C=O) groups is 1. The first-order chi connectivity index (χ1) is 18.1. The zero-order valence-electron chi connectivity index (χ0n) is 22.1. The summed E-state index contributed by atoms with van der Waals surface area (Å²) in [5, 5.41) is 3.26. The Kier molecular flexibility index (Phi) is 11.3. The molecule has 2 aliphatic heterocycles. The predicted molar refractivity (Wildman–Crippen MR) is 145 cm³/mol. The lowest BCUT2D eigenvalue weighted by Gasteiger charge is -2.25. The number of carbonyl (C=O) groups excluding carboxylic acids is 1. The fourth-order valence-electron chi connectivity index (χ4n) is 5.44. The molecule has 0 radical (unpaired) electrons. The lowest BCUT2D eigenvalue weighted by molar-refractivity contribution is -0.122. The first-order valence-electron chi connectivity index (χ1n) is 14.1. The van der Waals surface area contributed by atoms with E-state index in [0.717, 1.165) is 55.4 Å². The molecule has 2 heterocycles. The van der Waals surface area contributed by atoms with Crippen molar-refractivity contribution in [3.05, 3.63) is 65.7 Å². The number of rotatable bonds is 14. The summed E-state index contributed by atoms with van der Waals surface area (Å²) in [6.07, 6.45) is 7.86. The molecule has 37 heavy (non-hydrogen) atoms. The average Bonchev–Trinajstić information content (AvgIpc) is 3.33. The number of nitrogens with zero attached hydrogens (tertiary/aromatic N) is 1. The van der Waals surface area contributed by atoms with Gasteiger partial charge in [0.2, 0.25) is 5.91 Å². The van der Waals surface area contributed by atoms with Crippen LogP contribution in [0.2, 0.25) is 0 Å². The van der Waals surface area contributed by atoms with Crippen LogP contribution in [-0.2, 0) is 22.6 Å². The second-order valence-electron chi connectivity index (χ2n) is 10.7. The highest BCUT2D eigenvalue weighted by Crippen LogP contribution is 2.22. The molecular weight excluding hydrogens is 467 g/mol. The number of benzene rings is 2. The van der Waals surface area contributed by atoms with Crippen LogP contribution in [0.5, 0.6) is 5.75 Å². The number of unbranched alkanes of at least 4 members (excludes halogenated alkanes) is 2. The summed E-state index contributed by atoms with van der Waals surface area (Å²) in [7, 11) is 0. The van der Waals surface area contributed by atoms with Gasteiger partial charge in [0, 0.05) is 45.3 Å². The van der Waals surface area contributed by atoms with E-state index in [-0.39, 0.29) is 11.9 Å². The van der Waals surface area contributed by atoms with Crippen molar-refractivity contribution in [1.82, 2.24) is 10.2 Å². The van der Waals surface area contributed by atoms with Crippen LogP contribution in [0.15, 0.2) is 54.6 Å². The van der Waals surface area contributed by atoms with Gasteiger partial charge in [-0.15, -0.1) is 0 Å². The number of alkyl halides is 1. The molecule has 1 N–H and O–H groups in total. The van der Waals surface area contributed by atoms with Crippen LogP contribution in [0.4, 0.5) is 4.39 Å². The molecule has 1 amide bonds. The quantitative estimate of drug-likeness (QED) is 0.331. The Morgan fingerprint density at radius 3 is 2.62 bits per heavy atom. The number of likely N-dealkylation sites (tertiary alicyclic amines) is 1. The van der Waals surface area contributed by atoms with Crippen molar-refractivity contribution in [3.63, 3.8) is 0 Å². The van der Waals surface area contributed by atoms with Crippen molar-refractivity contribution in [2.75, 3.05) is 32.8 Å². The molecule has 0 unspecified atom stereocenters. The lowest BCUT2D eigenvalue weighted by Crippen LogP contribution is -2.44. The van der Waals surface area contributed by atoms with Crippen LogP contribution in [0.3, 0.4) is 0 Å². The Morgan fingerprint density at radius 2 is 1.84 bits per heavy atom. The fourth-order valence-corrected chi connectivity index (χ4v) is 5.44. The van der Waals surface area contributed by atoms with E-state index in [1.807, 2.05) is 30.3 Å². The molecule has 0 saturated carbocycles. The van der Waals surface area contributed by atoms with Gasteiger partial charge in [0.15, 0.2) is 0 Å². The highest BCUT2D eigenvalue weighted by atomic mass is 19.1. The van der Waals surface area contributed by atoms with Gasteiger partial charge in [-0.2, -0.15) is 0 Å². The zero-order valence-corrected chi connectivity index (χ0v) is 22.1. The minimum absolute atomic E-state index is 0.0515. The summed E-state index contributed by atoms with van der Waals surface area (Å²) in [6, 6.07) is 18.2. The fraction of sp³-hybridized carbons (Fsp3) is 0.581. The smallest absolute Gasteiger partial charge is 0.220 e. The van der Waals surface area contributed by atoms with Crippen molar-refractivity contribution in [3.8, 4) is 5.75 Å². The van der Waals surface area contributed by atoms with Crippen molar-refractivity contribution in [2.45, 2.75) is 76.6 Å². The third kappa shape index (κ3) is 10.1. The minimum atomic E-state index is -0.762. The Balaban J connectivity index is 1.25. The third-order valence-corrected chi connectivity index (χ3v) is 7.54. The van der Waals surface area contributed by atoms with Gasteiger partial charge in [-0.25, -0.2) is 4.39 Å². The molecule has 2 fully saturated rings. The van der Waals surface area contributed by atoms with Crippen molar-refractivity contribution < 1.29 is 18.7 Å². The van der Waals surface area contributed by atoms with Crippen LogP contribution in [-0.4, -0.2) is 55.9 Å². The third-order valence-electron chi connectivity index (χ3n) is 7.54. The van der Waals surface area contributed by atoms with Gasteiger partial charge in [-0.1, -0.05) is 61.7 Å². The summed E-state index contributed by atoms with van der Waals surface area (Å²) in [5.41, 5.74) is 2.24. The van der Waals surface area contributed by atoms with E-state index in [1.165, 1.54) is 25.7 Å². The van der Waals surface area contributed by atoms with Gasteiger partial charge in [0.25, 0.3) is 0 Å². The van der Waals surface area contributed by atoms with Crippen LogP contribution in [0.25, 0.3) is 0 Å². The number of nitrogens with one attached hydrogen (secondary N) is 1. The number of hydrogen-bond acceptors (Lipinski definition) is 4.